The fourth-order valence-electron chi connectivity index (χ4n) is 2.43. The first-order valence-electron chi connectivity index (χ1n) is 8.72. The Hall–Kier alpha value is -3.06. The molecular formula is C20H19ClN2O5. The summed E-state index contributed by atoms with van der Waals surface area (Å²) in [6.07, 6.45) is 4.15. The van der Waals surface area contributed by atoms with E-state index in [1.807, 2.05) is 0 Å². The number of hydrogen-bond donors (Lipinski definition) is 1. The smallest absolute Gasteiger partial charge is 0.331 e. The van der Waals surface area contributed by atoms with Gasteiger partial charge in [-0.2, -0.15) is 0 Å². The van der Waals surface area contributed by atoms with Crippen LogP contribution in [-0.2, 0) is 14.3 Å². The summed E-state index contributed by atoms with van der Waals surface area (Å²) in [5.41, 5.74) is 1.10. The van der Waals surface area contributed by atoms with Crippen molar-refractivity contribution in [2.24, 2.45) is 0 Å². The molecule has 28 heavy (non-hydrogen) atoms. The number of anilines is 1. The van der Waals surface area contributed by atoms with Gasteiger partial charge in [-0.1, -0.05) is 17.7 Å². The number of rotatable bonds is 5. The van der Waals surface area contributed by atoms with Crippen LogP contribution in [0.5, 0.6) is 11.5 Å². The van der Waals surface area contributed by atoms with Gasteiger partial charge >= 0.3 is 5.97 Å². The maximum atomic E-state index is 12.1. The van der Waals surface area contributed by atoms with E-state index in [4.69, 9.17) is 25.8 Å². The van der Waals surface area contributed by atoms with Crippen molar-refractivity contribution in [3.05, 3.63) is 53.3 Å². The van der Waals surface area contributed by atoms with E-state index in [-0.39, 0.29) is 5.15 Å². The van der Waals surface area contributed by atoms with Crippen LogP contribution >= 0.6 is 11.6 Å². The lowest BCUT2D eigenvalue weighted by molar-refractivity contribution is -0.148. The maximum absolute atomic E-state index is 12.1. The fraction of sp³-hybridized carbons (Fsp3) is 0.250. The first-order valence-corrected chi connectivity index (χ1v) is 9.10. The molecule has 0 saturated carbocycles. The zero-order chi connectivity index (χ0) is 19.9. The van der Waals surface area contributed by atoms with Gasteiger partial charge < -0.3 is 19.5 Å². The molecule has 2 aromatic rings. The molecule has 0 saturated heterocycles. The molecule has 1 atom stereocenters. The number of amides is 1. The number of nitrogens with zero attached hydrogens (tertiary/aromatic N) is 1. The standard InChI is InChI=1S/C20H19ClN2O5/c1-13(20(25)23-15-4-2-9-22-19(15)21)28-18(24)8-6-14-5-7-16-17(12-14)27-11-3-10-26-16/h2,4-9,12-13H,3,10-11H2,1H3,(H,23,25)/b8-6+/t13-/m0/s1. The van der Waals surface area contributed by atoms with Crippen LogP contribution in [0.1, 0.15) is 18.9 Å². The van der Waals surface area contributed by atoms with E-state index in [2.05, 4.69) is 10.3 Å². The highest BCUT2D eigenvalue weighted by Gasteiger charge is 2.18. The second-order valence-electron chi connectivity index (χ2n) is 6.00. The van der Waals surface area contributed by atoms with Crippen LogP contribution in [0, 0.1) is 0 Å². The Balaban J connectivity index is 1.56. The van der Waals surface area contributed by atoms with Crippen LogP contribution in [0.3, 0.4) is 0 Å². The number of pyridine rings is 1. The van der Waals surface area contributed by atoms with E-state index in [0.717, 1.165) is 12.0 Å². The lowest BCUT2D eigenvalue weighted by atomic mass is 10.2. The summed E-state index contributed by atoms with van der Waals surface area (Å²) in [7, 11) is 0. The van der Waals surface area contributed by atoms with Crippen LogP contribution in [0.2, 0.25) is 5.15 Å². The second kappa shape index (κ2) is 9.23. The molecular weight excluding hydrogens is 384 g/mol. The third-order valence-electron chi connectivity index (χ3n) is 3.86. The van der Waals surface area contributed by atoms with Gasteiger partial charge in [-0.25, -0.2) is 9.78 Å². The predicted molar refractivity (Wildman–Crippen MR) is 105 cm³/mol. The van der Waals surface area contributed by atoms with Gasteiger partial charge in [-0.15, -0.1) is 0 Å². The van der Waals surface area contributed by atoms with Gasteiger partial charge in [0.1, 0.15) is 0 Å². The van der Waals surface area contributed by atoms with Gasteiger partial charge in [-0.3, -0.25) is 4.79 Å². The van der Waals surface area contributed by atoms with Crippen LogP contribution in [0.25, 0.3) is 6.08 Å². The van der Waals surface area contributed by atoms with E-state index < -0.39 is 18.0 Å². The van der Waals surface area contributed by atoms with Crippen molar-refractivity contribution < 1.29 is 23.8 Å². The first kappa shape index (κ1) is 19.7. The Morgan fingerprint density at radius 3 is 2.82 bits per heavy atom. The van der Waals surface area contributed by atoms with E-state index >= 15 is 0 Å². The van der Waals surface area contributed by atoms with Crippen LogP contribution in [0.4, 0.5) is 5.69 Å². The number of carbonyl (C=O) groups excluding carboxylic acids is 2. The topological polar surface area (TPSA) is 86.8 Å². The number of benzene rings is 1. The van der Waals surface area contributed by atoms with E-state index in [1.54, 1.807) is 36.4 Å². The summed E-state index contributed by atoms with van der Waals surface area (Å²) in [6, 6.07) is 8.62. The number of hydrogen-bond acceptors (Lipinski definition) is 6. The first-order chi connectivity index (χ1) is 13.5. The van der Waals surface area contributed by atoms with Gasteiger partial charge in [-0.05, 0) is 42.8 Å². The quantitative estimate of drug-likeness (QED) is 0.468. The van der Waals surface area contributed by atoms with Crippen molar-refractivity contribution in [3.8, 4) is 11.5 Å². The SMILES string of the molecule is C[C@H](OC(=O)/C=C/c1ccc2c(c1)OCCCO2)C(=O)Nc1cccnc1Cl. The number of fused-ring (bicyclic) bond motifs is 1. The van der Waals surface area contributed by atoms with Gasteiger partial charge in [0.25, 0.3) is 5.91 Å². The lowest BCUT2D eigenvalue weighted by Crippen LogP contribution is -2.29. The molecule has 1 aliphatic rings. The molecule has 3 rings (SSSR count). The van der Waals surface area contributed by atoms with Gasteiger partial charge in [0, 0.05) is 18.7 Å². The number of esters is 1. The molecule has 1 aliphatic heterocycles. The summed E-state index contributed by atoms with van der Waals surface area (Å²) >= 11 is 5.89. The molecule has 146 valence electrons. The van der Waals surface area contributed by atoms with Crippen LogP contribution in [0.15, 0.2) is 42.6 Å². The molecule has 0 aliphatic carbocycles. The van der Waals surface area contributed by atoms with E-state index in [0.29, 0.717) is 30.4 Å². The number of ether oxygens (including phenoxy) is 3. The van der Waals surface area contributed by atoms with Crippen LogP contribution < -0.4 is 14.8 Å². The summed E-state index contributed by atoms with van der Waals surface area (Å²) in [4.78, 5) is 28.0. The van der Waals surface area contributed by atoms with Crippen molar-refractivity contribution in [1.82, 2.24) is 4.98 Å². The molecule has 0 radical (unpaired) electrons. The Labute approximate surface area is 167 Å². The van der Waals surface area contributed by atoms with E-state index in [9.17, 15) is 9.59 Å². The highest BCUT2D eigenvalue weighted by molar-refractivity contribution is 6.32. The zero-order valence-corrected chi connectivity index (χ0v) is 15.9. The van der Waals surface area contributed by atoms with Crippen LogP contribution in [-0.4, -0.2) is 36.2 Å². The molecule has 2 heterocycles. The average Bonchev–Trinajstić information content (AvgIpc) is 2.93. The summed E-state index contributed by atoms with van der Waals surface area (Å²) in [5, 5.41) is 2.72. The predicted octanol–water partition coefficient (Wildman–Crippen LogP) is 3.48. The molecule has 0 fully saturated rings. The molecule has 0 spiro atoms. The Kier molecular flexibility index (Phi) is 6.49. The monoisotopic (exact) mass is 402 g/mol. The minimum absolute atomic E-state index is 0.156. The highest BCUT2D eigenvalue weighted by Crippen LogP contribution is 2.30. The van der Waals surface area contributed by atoms with Crippen molar-refractivity contribution in [1.29, 1.82) is 0 Å². The molecule has 7 nitrogen and oxygen atoms in total. The molecule has 1 N–H and O–H groups in total. The van der Waals surface area contributed by atoms with Crippen molar-refractivity contribution in [3.63, 3.8) is 0 Å². The molecule has 0 bridgehead atoms. The average molecular weight is 403 g/mol. The highest BCUT2D eigenvalue weighted by atomic mass is 35.5. The molecule has 0 unspecified atom stereocenters. The number of halogens is 1. The molecule has 8 heteroatoms. The maximum Gasteiger partial charge on any atom is 0.331 e. The Morgan fingerprint density at radius 2 is 2.04 bits per heavy atom. The van der Waals surface area contributed by atoms with Gasteiger partial charge in [0.15, 0.2) is 22.8 Å². The molecule has 1 aromatic carbocycles. The van der Waals surface area contributed by atoms with E-state index in [1.165, 1.54) is 19.2 Å². The molecule has 1 aromatic heterocycles. The van der Waals surface area contributed by atoms with Crippen molar-refractivity contribution in [2.45, 2.75) is 19.4 Å². The second-order valence-corrected chi connectivity index (χ2v) is 6.36. The number of nitrogens with one attached hydrogen (secondary N) is 1. The van der Waals surface area contributed by atoms with Gasteiger partial charge in [0.05, 0.1) is 18.9 Å². The zero-order valence-electron chi connectivity index (χ0n) is 15.2. The van der Waals surface area contributed by atoms with Gasteiger partial charge in [0.2, 0.25) is 0 Å². The van der Waals surface area contributed by atoms with Crippen molar-refractivity contribution in [2.75, 3.05) is 18.5 Å². The third-order valence-corrected chi connectivity index (χ3v) is 4.16. The lowest BCUT2D eigenvalue weighted by Gasteiger charge is -2.12. The minimum Gasteiger partial charge on any atom is -0.490 e. The minimum atomic E-state index is -1.00. The number of aromatic nitrogens is 1. The summed E-state index contributed by atoms with van der Waals surface area (Å²) in [5.74, 6) is 0.157. The largest absolute Gasteiger partial charge is 0.490 e. The Bertz CT molecular complexity index is 900. The summed E-state index contributed by atoms with van der Waals surface area (Å²) in [6.45, 7) is 2.66. The normalized spacial score (nSPS) is 14.2. The molecule has 1 amide bonds. The summed E-state index contributed by atoms with van der Waals surface area (Å²) < 4.78 is 16.3. The fourth-order valence-corrected chi connectivity index (χ4v) is 2.60. The number of carbonyl (C=O) groups is 2. The Morgan fingerprint density at radius 1 is 1.25 bits per heavy atom. The third kappa shape index (κ3) is 5.23. The van der Waals surface area contributed by atoms with Crippen molar-refractivity contribution >= 4 is 35.2 Å².